The van der Waals surface area contributed by atoms with Crippen LogP contribution in [0.4, 0.5) is 0 Å². The number of hydrogen-bond acceptors (Lipinski definition) is 7. The molecule has 3 aromatic rings. The van der Waals surface area contributed by atoms with E-state index in [9.17, 15) is 0 Å². The van der Waals surface area contributed by atoms with Crippen molar-refractivity contribution < 1.29 is 14.0 Å². The summed E-state index contributed by atoms with van der Waals surface area (Å²) in [6.07, 6.45) is 2.27. The Balaban J connectivity index is 0.00000320. The third-order valence-electron chi connectivity index (χ3n) is 4.16. The van der Waals surface area contributed by atoms with Gasteiger partial charge in [0, 0.05) is 44.4 Å². The van der Waals surface area contributed by atoms with Crippen LogP contribution in [-0.4, -0.2) is 48.9 Å². The number of aliphatic imine (C=N–C) groups is 1. The summed E-state index contributed by atoms with van der Waals surface area (Å²) in [6.45, 7) is 1.15. The number of halogens is 1. The van der Waals surface area contributed by atoms with Gasteiger partial charge in [0.05, 0.1) is 14.2 Å². The van der Waals surface area contributed by atoms with Crippen molar-refractivity contribution >= 4 is 29.9 Å². The number of nitrogens with zero attached hydrogens (tertiary/aromatic N) is 4. The molecule has 0 aliphatic heterocycles. The Kier molecular flexibility index (Phi) is 9.32. The minimum atomic E-state index is 0. The summed E-state index contributed by atoms with van der Waals surface area (Å²) >= 11 is 0. The lowest BCUT2D eigenvalue weighted by Gasteiger charge is -2.14. The minimum Gasteiger partial charge on any atom is -0.497 e. The molecule has 2 aromatic heterocycles. The van der Waals surface area contributed by atoms with Crippen molar-refractivity contribution in [1.82, 2.24) is 25.8 Å². The molecule has 2 heterocycles. The fourth-order valence-electron chi connectivity index (χ4n) is 2.64. The third-order valence-corrected chi connectivity index (χ3v) is 4.16. The molecule has 30 heavy (non-hydrogen) atoms. The van der Waals surface area contributed by atoms with Gasteiger partial charge in [-0.25, -0.2) is 0 Å². The first kappa shape index (κ1) is 23.4. The van der Waals surface area contributed by atoms with Gasteiger partial charge in [0.25, 0.3) is 5.89 Å². The molecule has 0 unspecified atom stereocenters. The van der Waals surface area contributed by atoms with Crippen LogP contribution in [0.2, 0.25) is 0 Å². The molecule has 0 fully saturated rings. The van der Waals surface area contributed by atoms with Gasteiger partial charge >= 0.3 is 0 Å². The van der Waals surface area contributed by atoms with Gasteiger partial charge in [0.2, 0.25) is 0 Å². The van der Waals surface area contributed by atoms with Crippen LogP contribution >= 0.6 is 24.0 Å². The number of benzene rings is 1. The first-order valence-electron chi connectivity index (χ1n) is 9.13. The number of pyridine rings is 1. The monoisotopic (exact) mass is 524 g/mol. The van der Waals surface area contributed by atoms with Gasteiger partial charge in [-0.2, -0.15) is 4.98 Å². The van der Waals surface area contributed by atoms with Crippen molar-refractivity contribution in [2.45, 2.75) is 13.0 Å². The highest BCUT2D eigenvalue weighted by molar-refractivity contribution is 14.0. The smallest absolute Gasteiger partial charge is 0.276 e. The number of ether oxygens (including phenoxy) is 2. The molecule has 9 nitrogen and oxygen atoms in total. The maximum absolute atomic E-state index is 5.42. The Morgan fingerprint density at radius 1 is 1.13 bits per heavy atom. The molecule has 0 bridgehead atoms. The Morgan fingerprint density at radius 2 is 2.00 bits per heavy atom. The summed E-state index contributed by atoms with van der Waals surface area (Å²) < 4.78 is 15.9. The van der Waals surface area contributed by atoms with Gasteiger partial charge in [-0.1, -0.05) is 11.2 Å². The second-order valence-electron chi connectivity index (χ2n) is 6.01. The third kappa shape index (κ3) is 6.31. The molecule has 0 saturated heterocycles. The molecule has 1 aromatic carbocycles. The van der Waals surface area contributed by atoms with Crippen LogP contribution in [0.5, 0.6) is 11.5 Å². The van der Waals surface area contributed by atoms with E-state index < -0.39 is 0 Å². The standard InChI is InChI=1S/C20H24N6O3.HI/c1-21-20(24-13-14-7-8-15(27-2)12-17(14)28-3)23-11-9-18-25-19(29-26-18)16-6-4-5-10-22-16;/h4-8,10,12H,9,11,13H2,1-3H3,(H2,21,23,24);1H. The van der Waals surface area contributed by atoms with Gasteiger partial charge in [0.1, 0.15) is 17.2 Å². The average Bonchev–Trinajstić information content (AvgIpc) is 3.25. The summed E-state index contributed by atoms with van der Waals surface area (Å²) in [4.78, 5) is 12.8. The van der Waals surface area contributed by atoms with Crippen LogP contribution in [-0.2, 0) is 13.0 Å². The van der Waals surface area contributed by atoms with Crippen LogP contribution in [0.1, 0.15) is 11.4 Å². The van der Waals surface area contributed by atoms with E-state index in [4.69, 9.17) is 14.0 Å². The highest BCUT2D eigenvalue weighted by atomic mass is 127. The average molecular weight is 524 g/mol. The molecular weight excluding hydrogens is 499 g/mol. The van der Waals surface area contributed by atoms with E-state index in [1.807, 2.05) is 36.4 Å². The highest BCUT2D eigenvalue weighted by Gasteiger charge is 2.10. The molecule has 0 amide bonds. The van der Waals surface area contributed by atoms with E-state index in [2.05, 4.69) is 30.8 Å². The molecule has 3 rings (SSSR count). The van der Waals surface area contributed by atoms with E-state index in [1.54, 1.807) is 27.5 Å². The zero-order chi connectivity index (χ0) is 20.5. The maximum Gasteiger partial charge on any atom is 0.276 e. The lowest BCUT2D eigenvalue weighted by molar-refractivity contribution is 0.390. The Labute approximate surface area is 192 Å². The topological polar surface area (TPSA) is 107 Å². The molecule has 160 valence electrons. The molecule has 0 spiro atoms. The van der Waals surface area contributed by atoms with Gasteiger partial charge in [-0.05, 0) is 24.3 Å². The van der Waals surface area contributed by atoms with Crippen molar-refractivity contribution in [1.29, 1.82) is 0 Å². The van der Waals surface area contributed by atoms with Crippen LogP contribution < -0.4 is 20.1 Å². The fraction of sp³-hybridized carbons (Fsp3) is 0.300. The SMILES string of the molecule is CN=C(NCCc1noc(-c2ccccn2)n1)NCc1ccc(OC)cc1OC.I. The van der Waals surface area contributed by atoms with Crippen molar-refractivity contribution in [2.75, 3.05) is 27.8 Å². The second kappa shape index (κ2) is 12.0. The van der Waals surface area contributed by atoms with Crippen molar-refractivity contribution in [2.24, 2.45) is 4.99 Å². The zero-order valence-electron chi connectivity index (χ0n) is 17.1. The number of methoxy groups -OCH3 is 2. The predicted molar refractivity (Wildman–Crippen MR) is 124 cm³/mol. The van der Waals surface area contributed by atoms with E-state index in [-0.39, 0.29) is 24.0 Å². The van der Waals surface area contributed by atoms with Gasteiger partial charge in [0.15, 0.2) is 11.8 Å². The summed E-state index contributed by atoms with van der Waals surface area (Å²) in [5.41, 5.74) is 1.65. The normalized spacial score (nSPS) is 10.8. The fourth-order valence-corrected chi connectivity index (χ4v) is 2.64. The number of rotatable bonds is 8. The van der Waals surface area contributed by atoms with Crippen molar-refractivity contribution in [3.63, 3.8) is 0 Å². The second-order valence-corrected chi connectivity index (χ2v) is 6.01. The highest BCUT2D eigenvalue weighted by Crippen LogP contribution is 2.24. The first-order valence-corrected chi connectivity index (χ1v) is 9.13. The zero-order valence-corrected chi connectivity index (χ0v) is 19.4. The largest absolute Gasteiger partial charge is 0.497 e. The van der Waals surface area contributed by atoms with E-state index in [0.717, 1.165) is 17.1 Å². The van der Waals surface area contributed by atoms with E-state index >= 15 is 0 Å². The molecule has 0 saturated carbocycles. The number of aromatic nitrogens is 3. The van der Waals surface area contributed by atoms with Crippen LogP contribution in [0.25, 0.3) is 11.6 Å². The quantitative estimate of drug-likeness (QED) is 0.263. The summed E-state index contributed by atoms with van der Waals surface area (Å²) in [5.74, 6) is 3.18. The predicted octanol–water partition coefficient (Wildman–Crippen LogP) is 2.67. The van der Waals surface area contributed by atoms with Gasteiger partial charge < -0.3 is 24.6 Å². The van der Waals surface area contributed by atoms with Crippen LogP contribution in [0.3, 0.4) is 0 Å². The summed E-state index contributed by atoms with van der Waals surface area (Å²) in [6, 6.07) is 11.2. The Morgan fingerprint density at radius 3 is 2.70 bits per heavy atom. The number of hydrogen-bond donors (Lipinski definition) is 2. The lowest BCUT2D eigenvalue weighted by Crippen LogP contribution is -2.38. The number of nitrogens with one attached hydrogen (secondary N) is 2. The Bertz CT molecular complexity index is 949. The molecule has 0 aliphatic carbocycles. The van der Waals surface area contributed by atoms with E-state index in [0.29, 0.717) is 42.9 Å². The van der Waals surface area contributed by atoms with E-state index in [1.165, 1.54) is 0 Å². The van der Waals surface area contributed by atoms with Crippen molar-refractivity contribution in [3.8, 4) is 23.1 Å². The molecule has 0 atom stereocenters. The maximum atomic E-state index is 5.42. The lowest BCUT2D eigenvalue weighted by atomic mass is 10.2. The van der Waals surface area contributed by atoms with Crippen LogP contribution in [0.15, 0.2) is 52.1 Å². The van der Waals surface area contributed by atoms with Gasteiger partial charge in [-0.3, -0.25) is 9.98 Å². The van der Waals surface area contributed by atoms with Crippen molar-refractivity contribution in [3.05, 3.63) is 54.0 Å². The Hall–Kier alpha value is -2.89. The first-order chi connectivity index (χ1) is 14.2. The van der Waals surface area contributed by atoms with Gasteiger partial charge in [-0.15, -0.1) is 24.0 Å². The number of guanidine groups is 1. The molecule has 0 radical (unpaired) electrons. The molecule has 2 N–H and O–H groups in total. The summed E-state index contributed by atoms with van der Waals surface area (Å²) in [7, 11) is 4.98. The minimum absolute atomic E-state index is 0. The molecule has 10 heteroatoms. The molecule has 0 aliphatic rings. The van der Waals surface area contributed by atoms with Crippen LogP contribution in [0, 0.1) is 0 Å². The summed E-state index contributed by atoms with van der Waals surface area (Å²) in [5, 5.41) is 10.5. The molecular formula is C20H25IN6O3.